The van der Waals surface area contributed by atoms with E-state index in [9.17, 15) is 0 Å². The van der Waals surface area contributed by atoms with Gasteiger partial charge in [-0.25, -0.2) is 0 Å². The molecule has 0 saturated heterocycles. The molecule has 1 rings (SSSR count). The van der Waals surface area contributed by atoms with Crippen LogP contribution in [0.25, 0.3) is 0 Å². The average molecular weight is 250 g/mol. The minimum atomic E-state index is 0.216. The number of hydrogen-bond acceptors (Lipinski definition) is 3. The van der Waals surface area contributed by atoms with Crippen molar-refractivity contribution in [3.63, 3.8) is 0 Å². The van der Waals surface area contributed by atoms with Crippen molar-refractivity contribution in [1.29, 1.82) is 0 Å². The zero-order valence-electron chi connectivity index (χ0n) is 11.9. The van der Waals surface area contributed by atoms with Crippen molar-refractivity contribution < 1.29 is 5.11 Å². The molecule has 1 N–H and O–H groups in total. The van der Waals surface area contributed by atoms with Crippen LogP contribution in [0.2, 0.25) is 0 Å². The molecule has 1 heterocycles. The van der Waals surface area contributed by atoms with Gasteiger partial charge in [0, 0.05) is 18.8 Å². The molecule has 0 radical (unpaired) electrons. The Morgan fingerprint density at radius 2 is 2.06 bits per heavy atom. The van der Waals surface area contributed by atoms with Gasteiger partial charge in [-0.1, -0.05) is 33.3 Å². The lowest BCUT2D eigenvalue weighted by atomic mass is 10.1. The molecule has 0 amide bonds. The molecule has 3 heteroatoms. The highest BCUT2D eigenvalue weighted by molar-refractivity contribution is 5.13. The van der Waals surface area contributed by atoms with Crippen LogP contribution in [0, 0.1) is 0 Å². The van der Waals surface area contributed by atoms with E-state index in [1.807, 2.05) is 0 Å². The molecule has 0 spiro atoms. The zero-order valence-corrected chi connectivity index (χ0v) is 11.9. The van der Waals surface area contributed by atoms with Gasteiger partial charge in [-0.2, -0.15) is 0 Å². The first-order valence-corrected chi connectivity index (χ1v) is 6.96. The Morgan fingerprint density at radius 1 is 1.28 bits per heavy atom. The molecule has 1 aromatic heterocycles. The number of aliphatic hydroxyl groups is 1. The summed E-state index contributed by atoms with van der Waals surface area (Å²) in [6.07, 6.45) is 2.35. The molecule has 0 bridgehead atoms. The van der Waals surface area contributed by atoms with Gasteiger partial charge in [0.15, 0.2) is 0 Å². The van der Waals surface area contributed by atoms with Crippen LogP contribution in [0.1, 0.15) is 50.9 Å². The first-order chi connectivity index (χ1) is 8.67. The van der Waals surface area contributed by atoms with Crippen LogP contribution in [-0.2, 0) is 6.54 Å². The molecule has 1 aromatic rings. The third-order valence-electron chi connectivity index (χ3n) is 3.05. The Hall–Kier alpha value is -0.930. The Morgan fingerprint density at radius 3 is 2.67 bits per heavy atom. The lowest BCUT2D eigenvalue weighted by Crippen LogP contribution is -2.28. The van der Waals surface area contributed by atoms with Crippen LogP contribution < -0.4 is 0 Å². The summed E-state index contributed by atoms with van der Waals surface area (Å²) in [5.74, 6) is 0.465. The maximum absolute atomic E-state index is 9.09. The van der Waals surface area contributed by atoms with E-state index in [1.54, 1.807) is 0 Å². The molecular formula is C15H26N2O. The van der Waals surface area contributed by atoms with Crippen molar-refractivity contribution in [2.24, 2.45) is 0 Å². The van der Waals surface area contributed by atoms with Gasteiger partial charge in [0.2, 0.25) is 0 Å². The average Bonchev–Trinajstić information content (AvgIpc) is 2.36. The zero-order chi connectivity index (χ0) is 13.4. The summed E-state index contributed by atoms with van der Waals surface area (Å²) >= 11 is 0. The largest absolute Gasteiger partial charge is 0.395 e. The van der Waals surface area contributed by atoms with Crippen LogP contribution in [0.15, 0.2) is 18.2 Å². The molecule has 0 aromatic carbocycles. The van der Waals surface area contributed by atoms with Gasteiger partial charge in [0.1, 0.15) is 0 Å². The summed E-state index contributed by atoms with van der Waals surface area (Å²) in [6, 6.07) is 6.23. The molecule has 0 aliphatic carbocycles. The Kier molecular flexibility index (Phi) is 6.91. The predicted molar refractivity (Wildman–Crippen MR) is 75.6 cm³/mol. The summed E-state index contributed by atoms with van der Waals surface area (Å²) in [5, 5.41) is 9.09. The minimum Gasteiger partial charge on any atom is -0.395 e. The van der Waals surface area contributed by atoms with E-state index in [1.165, 1.54) is 12.8 Å². The van der Waals surface area contributed by atoms with Crippen molar-refractivity contribution in [3.8, 4) is 0 Å². The van der Waals surface area contributed by atoms with Crippen LogP contribution in [-0.4, -0.2) is 34.7 Å². The summed E-state index contributed by atoms with van der Waals surface area (Å²) < 4.78 is 0. The molecule has 0 aliphatic heterocycles. The van der Waals surface area contributed by atoms with Crippen molar-refractivity contribution in [2.75, 3.05) is 19.7 Å². The lowest BCUT2D eigenvalue weighted by Gasteiger charge is -2.21. The number of aliphatic hydroxyl groups excluding tert-OH is 1. The van der Waals surface area contributed by atoms with Crippen LogP contribution in [0.3, 0.4) is 0 Å². The van der Waals surface area contributed by atoms with E-state index in [0.717, 1.165) is 31.0 Å². The third kappa shape index (κ3) is 5.15. The van der Waals surface area contributed by atoms with Crippen molar-refractivity contribution >= 4 is 0 Å². The van der Waals surface area contributed by atoms with Crippen LogP contribution in [0.4, 0.5) is 0 Å². The first kappa shape index (κ1) is 15.1. The molecule has 18 heavy (non-hydrogen) atoms. The highest BCUT2D eigenvalue weighted by atomic mass is 16.3. The third-order valence-corrected chi connectivity index (χ3v) is 3.05. The normalized spacial score (nSPS) is 11.4. The fourth-order valence-electron chi connectivity index (χ4n) is 1.93. The van der Waals surface area contributed by atoms with Crippen molar-refractivity contribution in [2.45, 2.75) is 46.1 Å². The fourth-order valence-corrected chi connectivity index (χ4v) is 1.93. The van der Waals surface area contributed by atoms with Crippen LogP contribution >= 0.6 is 0 Å². The SMILES string of the molecule is CCCCN(CCO)Cc1cccc(C(C)C)n1. The summed E-state index contributed by atoms with van der Waals surface area (Å²) in [4.78, 5) is 6.95. The molecule has 102 valence electrons. The molecular weight excluding hydrogens is 224 g/mol. The van der Waals surface area contributed by atoms with Crippen molar-refractivity contribution in [1.82, 2.24) is 9.88 Å². The second-order valence-electron chi connectivity index (χ2n) is 5.06. The Balaban J connectivity index is 2.64. The topological polar surface area (TPSA) is 36.4 Å². The van der Waals surface area contributed by atoms with E-state index in [4.69, 9.17) is 5.11 Å². The number of nitrogens with zero attached hydrogens (tertiary/aromatic N) is 2. The van der Waals surface area contributed by atoms with E-state index in [0.29, 0.717) is 5.92 Å². The molecule has 0 aliphatic rings. The highest BCUT2D eigenvalue weighted by Crippen LogP contribution is 2.12. The summed E-state index contributed by atoms with van der Waals surface area (Å²) in [7, 11) is 0. The van der Waals surface area contributed by atoms with Gasteiger partial charge < -0.3 is 5.11 Å². The Bertz CT molecular complexity index is 339. The molecule has 0 unspecified atom stereocenters. The van der Waals surface area contributed by atoms with Crippen LogP contribution in [0.5, 0.6) is 0 Å². The quantitative estimate of drug-likeness (QED) is 0.770. The molecule has 0 atom stereocenters. The summed E-state index contributed by atoms with van der Waals surface area (Å²) in [6.45, 7) is 9.32. The maximum Gasteiger partial charge on any atom is 0.0558 e. The number of rotatable bonds is 8. The molecule has 0 saturated carbocycles. The fraction of sp³-hybridized carbons (Fsp3) is 0.667. The van der Waals surface area contributed by atoms with Gasteiger partial charge in [-0.15, -0.1) is 0 Å². The Labute approximate surface area is 111 Å². The van der Waals surface area contributed by atoms with E-state index >= 15 is 0 Å². The van der Waals surface area contributed by atoms with Gasteiger partial charge in [-0.05, 0) is 31.0 Å². The van der Waals surface area contributed by atoms with Crippen molar-refractivity contribution in [3.05, 3.63) is 29.6 Å². The number of hydrogen-bond donors (Lipinski definition) is 1. The summed E-state index contributed by atoms with van der Waals surface area (Å²) in [5.41, 5.74) is 2.25. The number of unbranched alkanes of at least 4 members (excludes halogenated alkanes) is 1. The first-order valence-electron chi connectivity index (χ1n) is 6.96. The standard InChI is InChI=1S/C15H26N2O/c1-4-5-9-17(10-11-18)12-14-7-6-8-15(16-14)13(2)3/h6-8,13,18H,4-5,9-12H2,1-3H3. The van der Waals surface area contributed by atoms with Gasteiger partial charge in [-0.3, -0.25) is 9.88 Å². The second kappa shape index (κ2) is 8.22. The van der Waals surface area contributed by atoms with E-state index in [2.05, 4.69) is 48.9 Å². The highest BCUT2D eigenvalue weighted by Gasteiger charge is 2.07. The monoisotopic (exact) mass is 250 g/mol. The smallest absolute Gasteiger partial charge is 0.0558 e. The molecule has 3 nitrogen and oxygen atoms in total. The number of pyridine rings is 1. The van der Waals surface area contributed by atoms with Gasteiger partial charge in [0.05, 0.1) is 12.3 Å². The second-order valence-corrected chi connectivity index (χ2v) is 5.06. The van der Waals surface area contributed by atoms with Gasteiger partial charge >= 0.3 is 0 Å². The lowest BCUT2D eigenvalue weighted by molar-refractivity contribution is 0.187. The minimum absolute atomic E-state index is 0.216. The molecule has 0 fully saturated rings. The van der Waals surface area contributed by atoms with Gasteiger partial charge in [0.25, 0.3) is 0 Å². The predicted octanol–water partition coefficient (Wildman–Crippen LogP) is 2.80. The maximum atomic E-state index is 9.09. The van der Waals surface area contributed by atoms with E-state index in [-0.39, 0.29) is 6.61 Å². The number of aromatic nitrogens is 1. The van der Waals surface area contributed by atoms with E-state index < -0.39 is 0 Å².